The monoisotopic (exact) mass is 254 g/mol. The van der Waals surface area contributed by atoms with Crippen LogP contribution in [0.25, 0.3) is 5.69 Å². The van der Waals surface area contributed by atoms with Crippen molar-refractivity contribution in [2.75, 3.05) is 5.32 Å². The lowest BCUT2D eigenvalue weighted by Gasteiger charge is -2.06. The molecule has 0 fully saturated rings. The lowest BCUT2D eigenvalue weighted by Crippen LogP contribution is -2.13. The van der Waals surface area contributed by atoms with Gasteiger partial charge >= 0.3 is 0 Å². The molecule has 0 spiro atoms. The summed E-state index contributed by atoms with van der Waals surface area (Å²) in [6.07, 6.45) is 4.81. The van der Waals surface area contributed by atoms with Crippen molar-refractivity contribution in [1.29, 1.82) is 0 Å². The first-order valence-corrected chi connectivity index (χ1v) is 5.60. The quantitative estimate of drug-likeness (QED) is 0.736. The highest BCUT2D eigenvalue weighted by Crippen LogP contribution is 2.14. The molecule has 0 unspecified atom stereocenters. The van der Waals surface area contributed by atoms with Crippen LogP contribution < -0.4 is 5.32 Å². The number of rotatable bonds is 3. The van der Waals surface area contributed by atoms with Crippen LogP contribution in [0.4, 0.5) is 5.69 Å². The van der Waals surface area contributed by atoms with Crippen LogP contribution in [0, 0.1) is 0 Å². The Hall–Kier alpha value is -2.96. The summed E-state index contributed by atoms with van der Waals surface area (Å²) in [6.45, 7) is 0. The molecule has 0 bridgehead atoms. The van der Waals surface area contributed by atoms with Crippen LogP contribution in [-0.4, -0.2) is 30.9 Å². The summed E-state index contributed by atoms with van der Waals surface area (Å²) in [4.78, 5) is 15.6. The molecule has 2 N–H and O–H groups in total. The molecule has 0 atom stereocenters. The summed E-state index contributed by atoms with van der Waals surface area (Å²) in [7, 11) is 0. The first-order chi connectivity index (χ1) is 9.33. The zero-order chi connectivity index (χ0) is 13.1. The highest BCUT2D eigenvalue weighted by Gasteiger charge is 2.09. The molecule has 2 heterocycles. The lowest BCUT2D eigenvalue weighted by atomic mass is 10.2. The second-order valence-electron chi connectivity index (χ2n) is 3.79. The van der Waals surface area contributed by atoms with Crippen LogP contribution in [0.5, 0.6) is 0 Å². The maximum absolute atomic E-state index is 11.8. The van der Waals surface area contributed by atoms with E-state index in [0.29, 0.717) is 5.69 Å². The average molecular weight is 254 g/mol. The maximum Gasteiger partial charge on any atom is 0.292 e. The fourth-order valence-corrected chi connectivity index (χ4v) is 1.65. The number of amides is 1. The van der Waals surface area contributed by atoms with E-state index in [-0.39, 0.29) is 11.7 Å². The summed E-state index contributed by atoms with van der Waals surface area (Å²) < 4.78 is 1.71. The number of H-pyrrole nitrogens is 1. The summed E-state index contributed by atoms with van der Waals surface area (Å²) in [5.74, 6) is -0.167. The number of nitrogens with one attached hydrogen (secondary N) is 2. The molecule has 0 aliphatic heterocycles. The van der Waals surface area contributed by atoms with Crippen LogP contribution in [0.1, 0.15) is 10.6 Å². The normalized spacial score (nSPS) is 10.3. The zero-order valence-electron chi connectivity index (χ0n) is 9.82. The number of hydrogen-bond donors (Lipinski definition) is 2. The average Bonchev–Trinajstić information content (AvgIpc) is 3.13. The van der Waals surface area contributed by atoms with Crippen molar-refractivity contribution >= 4 is 11.6 Å². The predicted octanol–water partition coefficient (Wildman–Crippen LogP) is 1.24. The topological polar surface area (TPSA) is 88.5 Å². The summed E-state index contributed by atoms with van der Waals surface area (Å²) in [5.41, 5.74) is 1.52. The molecule has 1 aromatic carbocycles. The minimum Gasteiger partial charge on any atom is -0.319 e. The molecule has 2 aromatic heterocycles. The Balaban J connectivity index is 1.82. The Bertz CT molecular complexity index is 674. The van der Waals surface area contributed by atoms with Gasteiger partial charge in [0.25, 0.3) is 5.91 Å². The van der Waals surface area contributed by atoms with Gasteiger partial charge in [-0.05, 0) is 24.3 Å². The van der Waals surface area contributed by atoms with Crippen LogP contribution in [0.3, 0.4) is 0 Å². The molecule has 3 rings (SSSR count). The first-order valence-electron chi connectivity index (χ1n) is 5.60. The number of carbonyl (C=O) groups excluding carboxylic acids is 1. The van der Waals surface area contributed by atoms with E-state index in [0.717, 1.165) is 5.69 Å². The fourth-order valence-electron chi connectivity index (χ4n) is 1.65. The molecule has 7 nitrogen and oxygen atoms in total. The van der Waals surface area contributed by atoms with Gasteiger partial charge in [-0.3, -0.25) is 9.89 Å². The molecular formula is C12H10N6O. The lowest BCUT2D eigenvalue weighted by molar-refractivity contribution is 0.101. The van der Waals surface area contributed by atoms with Gasteiger partial charge in [-0.2, -0.15) is 10.2 Å². The van der Waals surface area contributed by atoms with Crippen molar-refractivity contribution < 1.29 is 4.79 Å². The number of aromatic nitrogens is 5. The Morgan fingerprint density at radius 1 is 1.32 bits per heavy atom. The number of benzene rings is 1. The molecule has 0 saturated carbocycles. The third-order valence-electron chi connectivity index (χ3n) is 2.50. The molecule has 0 aliphatic carbocycles. The largest absolute Gasteiger partial charge is 0.319 e. The number of carbonyl (C=O) groups is 1. The molecule has 7 heteroatoms. The highest BCUT2D eigenvalue weighted by molar-refractivity contribution is 6.01. The van der Waals surface area contributed by atoms with Gasteiger partial charge in [0.1, 0.15) is 6.33 Å². The molecular weight excluding hydrogens is 244 g/mol. The smallest absolute Gasteiger partial charge is 0.292 e. The third-order valence-corrected chi connectivity index (χ3v) is 2.50. The van der Waals surface area contributed by atoms with Gasteiger partial charge in [0, 0.05) is 18.1 Å². The number of aromatic amines is 1. The molecule has 0 radical (unpaired) electrons. The van der Waals surface area contributed by atoms with E-state index in [1.54, 1.807) is 16.9 Å². The molecule has 19 heavy (non-hydrogen) atoms. The second kappa shape index (κ2) is 4.73. The van der Waals surface area contributed by atoms with E-state index in [1.807, 2.05) is 30.5 Å². The van der Waals surface area contributed by atoms with Gasteiger partial charge in [0.2, 0.25) is 5.82 Å². The first kappa shape index (κ1) is 11.1. The number of nitrogens with zero attached hydrogens (tertiary/aromatic N) is 4. The van der Waals surface area contributed by atoms with Crippen molar-refractivity contribution in [1.82, 2.24) is 25.0 Å². The van der Waals surface area contributed by atoms with Crippen molar-refractivity contribution in [3.8, 4) is 5.69 Å². The van der Waals surface area contributed by atoms with Crippen molar-refractivity contribution in [2.24, 2.45) is 0 Å². The predicted molar refractivity (Wildman–Crippen MR) is 67.9 cm³/mol. The van der Waals surface area contributed by atoms with E-state index >= 15 is 0 Å². The second-order valence-corrected chi connectivity index (χ2v) is 3.79. The van der Waals surface area contributed by atoms with Crippen LogP contribution >= 0.6 is 0 Å². The number of anilines is 1. The van der Waals surface area contributed by atoms with E-state index < -0.39 is 0 Å². The van der Waals surface area contributed by atoms with Gasteiger partial charge in [-0.1, -0.05) is 6.07 Å². The summed E-state index contributed by atoms with van der Waals surface area (Å²) in [5, 5.41) is 13.0. The van der Waals surface area contributed by atoms with Crippen molar-refractivity contribution in [3.63, 3.8) is 0 Å². The SMILES string of the molecule is O=C(Nc1cccc(-n2cccn2)c1)c1ncn[nH]1. The van der Waals surface area contributed by atoms with E-state index in [2.05, 4.69) is 25.6 Å². The van der Waals surface area contributed by atoms with Gasteiger partial charge < -0.3 is 5.32 Å². The van der Waals surface area contributed by atoms with Crippen LogP contribution in [0.15, 0.2) is 49.1 Å². The minimum atomic E-state index is -0.338. The van der Waals surface area contributed by atoms with Crippen LogP contribution in [-0.2, 0) is 0 Å². The Kier molecular flexibility index (Phi) is 2.77. The molecule has 3 aromatic rings. The highest BCUT2D eigenvalue weighted by atomic mass is 16.2. The molecule has 94 valence electrons. The van der Waals surface area contributed by atoms with E-state index in [4.69, 9.17) is 0 Å². The molecule has 1 amide bonds. The molecule has 0 saturated heterocycles. The number of hydrogen-bond acceptors (Lipinski definition) is 4. The maximum atomic E-state index is 11.8. The van der Waals surface area contributed by atoms with Crippen molar-refractivity contribution in [2.45, 2.75) is 0 Å². The zero-order valence-corrected chi connectivity index (χ0v) is 9.82. The van der Waals surface area contributed by atoms with Crippen LogP contribution in [0.2, 0.25) is 0 Å². The Morgan fingerprint density at radius 2 is 2.26 bits per heavy atom. The van der Waals surface area contributed by atoms with Gasteiger partial charge in [0.05, 0.1) is 5.69 Å². The third kappa shape index (κ3) is 2.34. The van der Waals surface area contributed by atoms with Gasteiger partial charge in [0.15, 0.2) is 0 Å². The van der Waals surface area contributed by atoms with Gasteiger partial charge in [-0.25, -0.2) is 9.67 Å². The Morgan fingerprint density at radius 3 is 3.00 bits per heavy atom. The standard InChI is InChI=1S/C12H10N6O/c19-12(11-13-8-14-17-11)16-9-3-1-4-10(7-9)18-6-2-5-15-18/h1-8H,(H,16,19)(H,13,14,17). The summed E-state index contributed by atoms with van der Waals surface area (Å²) in [6, 6.07) is 9.19. The Labute approximate surface area is 108 Å². The van der Waals surface area contributed by atoms with E-state index in [9.17, 15) is 4.79 Å². The van der Waals surface area contributed by atoms with Crippen molar-refractivity contribution in [3.05, 3.63) is 54.9 Å². The minimum absolute atomic E-state index is 0.171. The molecule has 0 aliphatic rings. The van der Waals surface area contributed by atoms with E-state index in [1.165, 1.54) is 6.33 Å². The summed E-state index contributed by atoms with van der Waals surface area (Å²) >= 11 is 0. The fraction of sp³-hybridized carbons (Fsp3) is 0. The van der Waals surface area contributed by atoms with Gasteiger partial charge in [-0.15, -0.1) is 0 Å².